The fourth-order valence-electron chi connectivity index (χ4n) is 4.07. The maximum Gasteiger partial charge on any atom is 0.0543 e. The van der Waals surface area contributed by atoms with Crippen molar-refractivity contribution < 1.29 is 0 Å². The van der Waals surface area contributed by atoms with E-state index in [4.69, 9.17) is 0 Å². The van der Waals surface area contributed by atoms with Crippen molar-refractivity contribution in [3.05, 3.63) is 18.0 Å². The van der Waals surface area contributed by atoms with E-state index in [1.54, 1.807) is 0 Å². The van der Waals surface area contributed by atoms with Crippen molar-refractivity contribution in [3.8, 4) is 0 Å². The Morgan fingerprint density at radius 2 is 1.76 bits per heavy atom. The van der Waals surface area contributed by atoms with Gasteiger partial charge in [-0.15, -0.1) is 0 Å². The van der Waals surface area contributed by atoms with E-state index >= 15 is 0 Å². The number of nitrogens with one attached hydrogen (secondary N) is 1. The smallest absolute Gasteiger partial charge is 0.0543 e. The Morgan fingerprint density at radius 3 is 2.24 bits per heavy atom. The van der Waals surface area contributed by atoms with E-state index < -0.39 is 0 Å². The molecule has 1 saturated carbocycles. The summed E-state index contributed by atoms with van der Waals surface area (Å²) in [5, 5.41) is 8.25. The van der Waals surface area contributed by atoms with E-state index in [2.05, 4.69) is 69.8 Å². The lowest BCUT2D eigenvalue weighted by molar-refractivity contribution is 0.0845. The van der Waals surface area contributed by atoms with Gasteiger partial charge in [-0.3, -0.25) is 4.68 Å². The second-order valence-corrected chi connectivity index (χ2v) is 9.46. The first-order valence-corrected chi connectivity index (χ1v) is 8.24. The van der Waals surface area contributed by atoms with E-state index in [-0.39, 0.29) is 5.54 Å². The molecule has 1 aliphatic carbocycles. The average molecular weight is 291 g/mol. The standard InChI is InChI=1S/C18H33N3/c1-16(2,3)21-12-14(11-20-21)10-19-15-8-17(4,5)13-18(6,7)9-15/h11-12,15,19H,8-10,13H2,1-7H3. The van der Waals surface area contributed by atoms with Crippen molar-refractivity contribution >= 4 is 0 Å². The van der Waals surface area contributed by atoms with Crippen molar-refractivity contribution in [2.24, 2.45) is 10.8 Å². The highest BCUT2D eigenvalue weighted by Gasteiger charge is 2.38. The number of hydrogen-bond donors (Lipinski definition) is 1. The first kappa shape index (κ1) is 16.5. The second kappa shape index (κ2) is 5.42. The van der Waals surface area contributed by atoms with E-state index in [0.29, 0.717) is 16.9 Å². The van der Waals surface area contributed by atoms with Crippen molar-refractivity contribution in [1.29, 1.82) is 0 Å². The molecular weight excluding hydrogens is 258 g/mol. The maximum absolute atomic E-state index is 4.49. The van der Waals surface area contributed by atoms with Gasteiger partial charge in [0.2, 0.25) is 0 Å². The summed E-state index contributed by atoms with van der Waals surface area (Å²) in [6, 6.07) is 0.613. The fraction of sp³-hybridized carbons (Fsp3) is 0.833. The van der Waals surface area contributed by atoms with E-state index in [1.165, 1.54) is 24.8 Å². The summed E-state index contributed by atoms with van der Waals surface area (Å²) in [6.45, 7) is 17.1. The molecule has 1 N–H and O–H groups in total. The molecule has 2 rings (SSSR count). The highest BCUT2D eigenvalue weighted by atomic mass is 15.3. The zero-order valence-electron chi connectivity index (χ0n) is 15.0. The highest BCUT2D eigenvalue weighted by molar-refractivity contribution is 5.05. The number of hydrogen-bond acceptors (Lipinski definition) is 2. The molecule has 0 bridgehead atoms. The van der Waals surface area contributed by atoms with E-state index in [9.17, 15) is 0 Å². The van der Waals surface area contributed by atoms with Gasteiger partial charge in [0.05, 0.1) is 11.7 Å². The maximum atomic E-state index is 4.49. The molecule has 3 heteroatoms. The summed E-state index contributed by atoms with van der Waals surface area (Å²) in [6.07, 6.45) is 8.03. The van der Waals surface area contributed by atoms with Gasteiger partial charge in [0.25, 0.3) is 0 Å². The average Bonchev–Trinajstić information content (AvgIpc) is 2.69. The predicted octanol–water partition coefficient (Wildman–Crippen LogP) is 4.33. The van der Waals surface area contributed by atoms with Crippen LogP contribution in [-0.4, -0.2) is 15.8 Å². The van der Waals surface area contributed by atoms with Crippen molar-refractivity contribution in [1.82, 2.24) is 15.1 Å². The van der Waals surface area contributed by atoms with E-state index in [1.807, 2.05) is 6.20 Å². The molecule has 0 atom stereocenters. The number of rotatable bonds is 3. The second-order valence-electron chi connectivity index (χ2n) is 9.46. The lowest BCUT2D eigenvalue weighted by Crippen LogP contribution is -2.43. The topological polar surface area (TPSA) is 29.9 Å². The van der Waals surface area contributed by atoms with Gasteiger partial charge in [0.1, 0.15) is 0 Å². The van der Waals surface area contributed by atoms with Crippen LogP contribution in [0.15, 0.2) is 12.4 Å². The molecule has 1 aromatic heterocycles. The molecule has 0 saturated heterocycles. The van der Waals surface area contributed by atoms with Gasteiger partial charge in [0.15, 0.2) is 0 Å². The van der Waals surface area contributed by atoms with E-state index in [0.717, 1.165) is 6.54 Å². The predicted molar refractivity (Wildman–Crippen MR) is 89.3 cm³/mol. The number of aromatic nitrogens is 2. The van der Waals surface area contributed by atoms with Gasteiger partial charge >= 0.3 is 0 Å². The summed E-state index contributed by atoms with van der Waals surface area (Å²) >= 11 is 0. The minimum Gasteiger partial charge on any atom is -0.310 e. The Hall–Kier alpha value is -0.830. The SMILES string of the molecule is CC1(C)CC(NCc2cnn(C(C)(C)C)c2)CC(C)(C)C1. The van der Waals surface area contributed by atoms with Gasteiger partial charge in [0, 0.05) is 24.3 Å². The largest absolute Gasteiger partial charge is 0.310 e. The van der Waals surface area contributed by atoms with Gasteiger partial charge in [-0.2, -0.15) is 5.10 Å². The lowest BCUT2D eigenvalue weighted by Gasteiger charge is -2.45. The Bertz CT molecular complexity index is 461. The number of nitrogens with zero attached hydrogens (tertiary/aromatic N) is 2. The molecule has 0 radical (unpaired) electrons. The molecule has 1 heterocycles. The molecular formula is C18H33N3. The first-order valence-electron chi connectivity index (χ1n) is 8.24. The van der Waals surface area contributed by atoms with Crippen LogP contribution < -0.4 is 5.32 Å². The Kier molecular flexibility index (Phi) is 4.27. The Labute approximate surface area is 130 Å². The van der Waals surface area contributed by atoms with Gasteiger partial charge in [-0.1, -0.05) is 27.7 Å². The zero-order valence-corrected chi connectivity index (χ0v) is 15.0. The van der Waals surface area contributed by atoms with Crippen molar-refractivity contribution in [3.63, 3.8) is 0 Å². The zero-order chi connectivity index (χ0) is 15.9. The van der Waals surface area contributed by atoms with Crippen LogP contribution in [0.2, 0.25) is 0 Å². The molecule has 21 heavy (non-hydrogen) atoms. The fourth-order valence-corrected chi connectivity index (χ4v) is 4.07. The van der Waals surface area contributed by atoms with Crippen LogP contribution >= 0.6 is 0 Å². The summed E-state index contributed by atoms with van der Waals surface area (Å²) < 4.78 is 2.05. The first-order chi connectivity index (χ1) is 9.47. The molecule has 0 spiro atoms. The molecule has 0 aliphatic heterocycles. The van der Waals surface area contributed by atoms with Gasteiger partial charge in [-0.05, 0) is 50.9 Å². The van der Waals surface area contributed by atoms with Crippen molar-refractivity contribution in [2.75, 3.05) is 0 Å². The molecule has 0 aromatic carbocycles. The minimum absolute atomic E-state index is 0.0626. The van der Waals surface area contributed by atoms with Crippen LogP contribution in [0.4, 0.5) is 0 Å². The quantitative estimate of drug-likeness (QED) is 0.898. The van der Waals surface area contributed by atoms with Crippen LogP contribution in [0, 0.1) is 10.8 Å². The van der Waals surface area contributed by atoms with Crippen LogP contribution in [0.25, 0.3) is 0 Å². The summed E-state index contributed by atoms with van der Waals surface area (Å²) in [7, 11) is 0. The highest BCUT2D eigenvalue weighted by Crippen LogP contribution is 2.45. The molecule has 1 fully saturated rings. The van der Waals surface area contributed by atoms with Gasteiger partial charge in [-0.25, -0.2) is 0 Å². The molecule has 0 amide bonds. The molecule has 1 aliphatic rings. The molecule has 1 aromatic rings. The summed E-state index contributed by atoms with van der Waals surface area (Å²) in [4.78, 5) is 0. The van der Waals surface area contributed by atoms with Crippen LogP contribution in [0.1, 0.15) is 73.3 Å². The Morgan fingerprint density at radius 1 is 1.19 bits per heavy atom. The minimum atomic E-state index is 0.0626. The normalized spacial score (nSPS) is 22.4. The monoisotopic (exact) mass is 291 g/mol. The summed E-state index contributed by atoms with van der Waals surface area (Å²) in [5.41, 5.74) is 2.22. The summed E-state index contributed by atoms with van der Waals surface area (Å²) in [5.74, 6) is 0. The third-order valence-corrected chi connectivity index (χ3v) is 4.47. The third kappa shape index (κ3) is 4.57. The molecule has 120 valence electrons. The lowest BCUT2D eigenvalue weighted by atomic mass is 9.63. The van der Waals surface area contributed by atoms with Crippen molar-refractivity contribution in [2.45, 2.75) is 85.9 Å². The molecule has 3 nitrogen and oxygen atoms in total. The van der Waals surface area contributed by atoms with Crippen LogP contribution in [-0.2, 0) is 12.1 Å². The molecule has 0 unspecified atom stereocenters. The Balaban J connectivity index is 1.95. The van der Waals surface area contributed by atoms with Crippen LogP contribution in [0.3, 0.4) is 0 Å². The van der Waals surface area contributed by atoms with Gasteiger partial charge < -0.3 is 5.32 Å². The van der Waals surface area contributed by atoms with Crippen LogP contribution in [0.5, 0.6) is 0 Å². The third-order valence-electron chi connectivity index (χ3n) is 4.47.